The van der Waals surface area contributed by atoms with E-state index in [1.165, 1.54) is 0 Å². The number of primary amides is 1. The highest BCUT2D eigenvalue weighted by Crippen LogP contribution is 2.36. The predicted molar refractivity (Wildman–Crippen MR) is 114 cm³/mol. The van der Waals surface area contributed by atoms with Gasteiger partial charge in [0, 0.05) is 6.42 Å². The molecule has 0 heterocycles. The van der Waals surface area contributed by atoms with Crippen LogP contribution in [0.3, 0.4) is 0 Å². The Bertz CT molecular complexity index is 847. The highest BCUT2D eigenvalue weighted by molar-refractivity contribution is 5.82. The smallest absolute Gasteiger partial charge is 0.234 e. The van der Waals surface area contributed by atoms with Crippen molar-refractivity contribution < 1.29 is 9.59 Å². The van der Waals surface area contributed by atoms with E-state index in [0.717, 1.165) is 16.7 Å². The van der Waals surface area contributed by atoms with Crippen LogP contribution in [0.25, 0.3) is 0 Å². The maximum absolute atomic E-state index is 13.0. The number of hydrogen-bond acceptors (Lipinski definition) is 3. The Labute approximate surface area is 170 Å². The van der Waals surface area contributed by atoms with Crippen LogP contribution >= 0.6 is 0 Å². The van der Waals surface area contributed by atoms with Crippen LogP contribution in [-0.4, -0.2) is 17.9 Å². The van der Waals surface area contributed by atoms with Gasteiger partial charge in [0.2, 0.25) is 11.8 Å². The van der Waals surface area contributed by atoms with Gasteiger partial charge in [-0.25, -0.2) is 0 Å². The van der Waals surface area contributed by atoms with E-state index >= 15 is 0 Å². The zero-order valence-electron chi connectivity index (χ0n) is 16.1. The highest BCUT2D eigenvalue weighted by atomic mass is 16.2. The minimum Gasteiger partial charge on any atom is -0.368 e. The van der Waals surface area contributed by atoms with Crippen LogP contribution < -0.4 is 16.8 Å². The summed E-state index contributed by atoms with van der Waals surface area (Å²) in [5, 5.41) is 3.23. The molecule has 148 valence electrons. The van der Waals surface area contributed by atoms with E-state index in [9.17, 15) is 9.59 Å². The van der Waals surface area contributed by atoms with E-state index in [1.807, 2.05) is 91.0 Å². The van der Waals surface area contributed by atoms with Gasteiger partial charge in [0.15, 0.2) is 0 Å². The van der Waals surface area contributed by atoms with Gasteiger partial charge in [-0.1, -0.05) is 91.0 Å². The monoisotopic (exact) mass is 387 g/mol. The summed E-state index contributed by atoms with van der Waals surface area (Å²) < 4.78 is 0. The van der Waals surface area contributed by atoms with Crippen molar-refractivity contribution in [2.45, 2.75) is 24.4 Å². The summed E-state index contributed by atoms with van der Waals surface area (Å²) in [6.07, 6.45) is 0.286. The molecule has 0 radical (unpaired) electrons. The van der Waals surface area contributed by atoms with Crippen molar-refractivity contribution in [3.05, 3.63) is 108 Å². The van der Waals surface area contributed by atoms with Gasteiger partial charge < -0.3 is 16.8 Å². The molecule has 3 aromatic carbocycles. The fourth-order valence-corrected chi connectivity index (χ4v) is 3.48. The summed E-state index contributed by atoms with van der Waals surface area (Å²) in [7, 11) is 0. The molecule has 0 saturated carbocycles. The van der Waals surface area contributed by atoms with Crippen molar-refractivity contribution in [2.24, 2.45) is 11.5 Å². The van der Waals surface area contributed by atoms with Crippen molar-refractivity contribution in [3.63, 3.8) is 0 Å². The second kappa shape index (κ2) is 9.17. The average molecular weight is 387 g/mol. The van der Waals surface area contributed by atoms with Crippen LogP contribution in [0.1, 0.15) is 29.5 Å². The molecule has 3 aromatic rings. The minimum atomic E-state index is -0.877. The predicted octanol–water partition coefficient (Wildman–Crippen LogP) is 2.69. The summed E-state index contributed by atoms with van der Waals surface area (Å²) in [5.74, 6) is -0.823. The molecule has 5 nitrogen and oxygen atoms in total. The zero-order valence-corrected chi connectivity index (χ0v) is 16.1. The Kier molecular flexibility index (Phi) is 6.42. The Morgan fingerprint density at radius 3 is 1.48 bits per heavy atom. The van der Waals surface area contributed by atoms with Crippen LogP contribution in [-0.2, 0) is 15.1 Å². The van der Waals surface area contributed by atoms with Crippen LogP contribution in [0.2, 0.25) is 0 Å². The molecule has 1 atom stereocenters. The molecule has 0 aliphatic rings. The lowest BCUT2D eigenvalue weighted by Gasteiger charge is -2.37. The first-order valence-electron chi connectivity index (χ1n) is 9.56. The molecule has 0 unspecified atom stereocenters. The number of carbonyl (C=O) groups excluding carboxylic acids is 2. The second-order valence-corrected chi connectivity index (χ2v) is 6.94. The lowest BCUT2D eigenvalue weighted by molar-refractivity contribution is -0.123. The van der Waals surface area contributed by atoms with E-state index in [2.05, 4.69) is 5.32 Å². The number of nitrogens with one attached hydrogen (secondary N) is 1. The molecular formula is C24H25N3O2. The number of hydrogen-bond donors (Lipinski definition) is 3. The van der Waals surface area contributed by atoms with Crippen molar-refractivity contribution in [3.8, 4) is 0 Å². The van der Waals surface area contributed by atoms with Crippen LogP contribution in [0.4, 0.5) is 0 Å². The van der Waals surface area contributed by atoms with Gasteiger partial charge in [-0.15, -0.1) is 0 Å². The molecule has 0 bridgehead atoms. The molecule has 29 heavy (non-hydrogen) atoms. The fraction of sp³-hybridized carbons (Fsp3) is 0.167. The Morgan fingerprint density at radius 1 is 0.759 bits per heavy atom. The summed E-state index contributed by atoms with van der Waals surface area (Å²) >= 11 is 0. The van der Waals surface area contributed by atoms with Gasteiger partial charge in [0.1, 0.15) is 5.54 Å². The molecule has 0 aromatic heterocycles. The maximum Gasteiger partial charge on any atom is 0.234 e. The standard InChI is InChI=1S/C24H25N3O2/c25-21(23(26)29)16-17-22(28)27-24(18-10-4-1-5-11-18,19-12-6-2-7-13-19)20-14-8-3-9-15-20/h1-15,21H,16-17,25H2,(H2,26,29)(H,27,28)/t21-/m0/s1. The molecule has 2 amide bonds. The van der Waals surface area contributed by atoms with Gasteiger partial charge >= 0.3 is 0 Å². The molecule has 5 heteroatoms. The molecular weight excluding hydrogens is 362 g/mol. The summed E-state index contributed by atoms with van der Waals surface area (Å²) in [4.78, 5) is 24.2. The van der Waals surface area contributed by atoms with E-state index < -0.39 is 17.5 Å². The van der Waals surface area contributed by atoms with Crippen LogP contribution in [0, 0.1) is 0 Å². The van der Waals surface area contributed by atoms with Crippen LogP contribution in [0.15, 0.2) is 91.0 Å². The number of carbonyl (C=O) groups is 2. The van der Waals surface area contributed by atoms with Crippen molar-refractivity contribution >= 4 is 11.8 Å². The van der Waals surface area contributed by atoms with Crippen LogP contribution in [0.5, 0.6) is 0 Å². The first-order chi connectivity index (χ1) is 14.0. The highest BCUT2D eigenvalue weighted by Gasteiger charge is 2.37. The molecule has 0 saturated heterocycles. The zero-order chi connectivity index (χ0) is 20.7. The normalized spacial score (nSPS) is 12.2. The quantitative estimate of drug-likeness (QED) is 0.518. The third-order valence-electron chi connectivity index (χ3n) is 5.00. The Morgan fingerprint density at radius 2 is 1.14 bits per heavy atom. The van der Waals surface area contributed by atoms with Gasteiger partial charge in [0.05, 0.1) is 6.04 Å². The van der Waals surface area contributed by atoms with Gasteiger partial charge in [-0.3, -0.25) is 9.59 Å². The second-order valence-electron chi connectivity index (χ2n) is 6.94. The lowest BCUT2D eigenvalue weighted by atomic mass is 9.77. The van der Waals surface area contributed by atoms with E-state index in [-0.39, 0.29) is 18.7 Å². The summed E-state index contributed by atoms with van der Waals surface area (Å²) in [6, 6.07) is 28.7. The molecule has 0 aliphatic carbocycles. The number of nitrogens with two attached hydrogens (primary N) is 2. The molecule has 0 spiro atoms. The van der Waals surface area contributed by atoms with Crippen molar-refractivity contribution in [1.82, 2.24) is 5.32 Å². The first kappa shape index (κ1) is 20.3. The topological polar surface area (TPSA) is 98.2 Å². The molecule has 0 fully saturated rings. The SMILES string of the molecule is NC(=O)[C@@H](N)CCC(=O)NC(c1ccccc1)(c1ccccc1)c1ccccc1. The van der Waals surface area contributed by atoms with Gasteiger partial charge in [0.25, 0.3) is 0 Å². The third kappa shape index (κ3) is 4.52. The Balaban J connectivity index is 2.08. The van der Waals surface area contributed by atoms with Crippen molar-refractivity contribution in [2.75, 3.05) is 0 Å². The summed E-state index contributed by atoms with van der Waals surface area (Å²) in [6.45, 7) is 0. The third-order valence-corrected chi connectivity index (χ3v) is 5.00. The Hall–Kier alpha value is -3.44. The van der Waals surface area contributed by atoms with E-state index in [1.54, 1.807) is 0 Å². The van der Waals surface area contributed by atoms with Gasteiger partial charge in [-0.05, 0) is 23.1 Å². The fourth-order valence-electron chi connectivity index (χ4n) is 3.48. The minimum absolute atomic E-state index is 0.0956. The average Bonchev–Trinajstić information content (AvgIpc) is 2.77. The first-order valence-corrected chi connectivity index (χ1v) is 9.56. The lowest BCUT2D eigenvalue weighted by Crippen LogP contribution is -2.48. The largest absolute Gasteiger partial charge is 0.368 e. The molecule has 5 N–H and O–H groups in total. The maximum atomic E-state index is 13.0. The van der Waals surface area contributed by atoms with E-state index in [4.69, 9.17) is 11.5 Å². The number of amides is 2. The molecule has 3 rings (SSSR count). The van der Waals surface area contributed by atoms with Gasteiger partial charge in [-0.2, -0.15) is 0 Å². The number of rotatable bonds is 8. The van der Waals surface area contributed by atoms with E-state index in [0.29, 0.717) is 0 Å². The summed E-state index contributed by atoms with van der Waals surface area (Å²) in [5.41, 5.74) is 12.9. The van der Waals surface area contributed by atoms with Crippen molar-refractivity contribution in [1.29, 1.82) is 0 Å². The number of benzene rings is 3. The molecule has 0 aliphatic heterocycles.